The molecule has 2 amide bonds. The van der Waals surface area contributed by atoms with Gasteiger partial charge in [0.05, 0.1) is 0 Å². The number of carbonyl (C=O) groups is 1. The number of nitrogens with one attached hydrogen (secondary N) is 2. The number of pyridine rings is 1. The lowest BCUT2D eigenvalue weighted by Crippen LogP contribution is -2.31. The summed E-state index contributed by atoms with van der Waals surface area (Å²) < 4.78 is 2.04. The Labute approximate surface area is 169 Å². The van der Waals surface area contributed by atoms with E-state index in [1.54, 1.807) is 6.20 Å². The van der Waals surface area contributed by atoms with E-state index in [-0.39, 0.29) is 6.03 Å². The lowest BCUT2D eigenvalue weighted by atomic mass is 10.1. The number of aryl methyl sites for hydroxylation is 2. The number of rotatable bonds is 5. The van der Waals surface area contributed by atoms with Gasteiger partial charge in [-0.2, -0.15) is 0 Å². The second-order valence-electron chi connectivity index (χ2n) is 7.00. The van der Waals surface area contributed by atoms with E-state index in [9.17, 15) is 4.79 Å². The van der Waals surface area contributed by atoms with Gasteiger partial charge in [-0.1, -0.05) is 48.0 Å². The van der Waals surface area contributed by atoms with Crippen molar-refractivity contribution in [2.45, 2.75) is 20.4 Å². The third kappa shape index (κ3) is 4.11. The summed E-state index contributed by atoms with van der Waals surface area (Å²) in [5.41, 5.74) is 5.68. The second kappa shape index (κ2) is 8.14. The molecule has 2 N–H and O–H groups in total. The molecule has 29 heavy (non-hydrogen) atoms. The third-order valence-corrected chi connectivity index (χ3v) is 4.79. The highest BCUT2D eigenvalue weighted by Gasteiger charge is 2.13. The fourth-order valence-electron chi connectivity index (χ4n) is 3.38. The number of imidazole rings is 1. The molecule has 0 saturated carbocycles. The average Bonchev–Trinajstić information content (AvgIpc) is 3.10. The number of benzene rings is 2. The van der Waals surface area contributed by atoms with Gasteiger partial charge < -0.3 is 15.2 Å². The van der Waals surface area contributed by atoms with Gasteiger partial charge in [-0.15, -0.1) is 0 Å². The van der Waals surface area contributed by atoms with Crippen molar-refractivity contribution in [2.24, 2.45) is 0 Å². The summed E-state index contributed by atoms with van der Waals surface area (Å²) in [6.45, 7) is 5.04. The van der Waals surface area contributed by atoms with Crippen LogP contribution in [0.25, 0.3) is 22.6 Å². The molecule has 6 heteroatoms. The van der Waals surface area contributed by atoms with Crippen molar-refractivity contribution in [1.82, 2.24) is 19.9 Å². The molecule has 0 aliphatic rings. The first-order chi connectivity index (χ1) is 14.1. The summed E-state index contributed by atoms with van der Waals surface area (Å²) >= 11 is 0. The van der Waals surface area contributed by atoms with Gasteiger partial charge >= 0.3 is 6.03 Å². The van der Waals surface area contributed by atoms with Crippen LogP contribution in [0.15, 0.2) is 66.9 Å². The molecule has 0 fully saturated rings. The Balaban J connectivity index is 1.49. The number of carbonyl (C=O) groups excluding carboxylic acids is 1. The first-order valence-electron chi connectivity index (χ1n) is 9.60. The molecule has 2 heterocycles. The molecule has 146 valence electrons. The van der Waals surface area contributed by atoms with E-state index >= 15 is 0 Å². The summed E-state index contributed by atoms with van der Waals surface area (Å²) in [4.78, 5) is 21.6. The molecule has 0 spiro atoms. The lowest BCUT2D eigenvalue weighted by Gasteiger charge is -2.12. The van der Waals surface area contributed by atoms with Crippen LogP contribution >= 0.6 is 0 Å². The van der Waals surface area contributed by atoms with Crippen LogP contribution < -0.4 is 10.6 Å². The SMILES string of the molecule is Cc1ccc(NC(=O)NCCn2c(-c3ccccc3)nc3cccnc32)c(C)c1. The maximum Gasteiger partial charge on any atom is 0.319 e. The predicted octanol–water partition coefficient (Wildman–Crippen LogP) is 4.54. The number of anilines is 1. The Bertz CT molecular complexity index is 1150. The Morgan fingerprint density at radius 2 is 1.86 bits per heavy atom. The van der Waals surface area contributed by atoms with Crippen LogP contribution in [0.3, 0.4) is 0 Å². The van der Waals surface area contributed by atoms with Crippen LogP contribution in [0.1, 0.15) is 11.1 Å². The van der Waals surface area contributed by atoms with Gasteiger partial charge in [0.2, 0.25) is 0 Å². The lowest BCUT2D eigenvalue weighted by molar-refractivity contribution is 0.251. The minimum atomic E-state index is -0.226. The van der Waals surface area contributed by atoms with E-state index in [2.05, 4.69) is 15.6 Å². The van der Waals surface area contributed by atoms with E-state index in [0.29, 0.717) is 13.1 Å². The summed E-state index contributed by atoms with van der Waals surface area (Å²) in [5.74, 6) is 0.843. The molecular weight excluding hydrogens is 362 g/mol. The third-order valence-electron chi connectivity index (χ3n) is 4.79. The van der Waals surface area contributed by atoms with Crippen molar-refractivity contribution in [3.05, 3.63) is 78.0 Å². The Kier molecular flexibility index (Phi) is 5.24. The summed E-state index contributed by atoms with van der Waals surface area (Å²) in [6, 6.07) is 19.6. The van der Waals surface area contributed by atoms with Crippen molar-refractivity contribution in [3.63, 3.8) is 0 Å². The van der Waals surface area contributed by atoms with E-state index in [4.69, 9.17) is 4.98 Å². The number of hydrogen-bond donors (Lipinski definition) is 2. The van der Waals surface area contributed by atoms with Crippen molar-refractivity contribution in [2.75, 3.05) is 11.9 Å². The number of hydrogen-bond acceptors (Lipinski definition) is 3. The minimum Gasteiger partial charge on any atom is -0.336 e. The fourth-order valence-corrected chi connectivity index (χ4v) is 3.38. The molecular formula is C23H23N5O. The summed E-state index contributed by atoms with van der Waals surface area (Å²) in [7, 11) is 0. The average molecular weight is 385 g/mol. The predicted molar refractivity (Wildman–Crippen MR) is 116 cm³/mol. The molecule has 0 atom stereocenters. The Morgan fingerprint density at radius 1 is 1.03 bits per heavy atom. The highest BCUT2D eigenvalue weighted by Crippen LogP contribution is 2.23. The summed E-state index contributed by atoms with van der Waals surface area (Å²) in [6.07, 6.45) is 1.76. The quantitative estimate of drug-likeness (QED) is 0.530. The van der Waals surface area contributed by atoms with Gasteiger partial charge in [-0.05, 0) is 37.6 Å². The van der Waals surface area contributed by atoms with Crippen LogP contribution in [-0.2, 0) is 6.54 Å². The standard InChI is InChI=1S/C23H23N5O/c1-16-10-11-19(17(2)15-16)27-23(29)25-13-14-28-21(18-7-4-3-5-8-18)26-20-9-6-12-24-22(20)28/h3-12,15H,13-14H2,1-2H3,(H2,25,27,29). The molecule has 4 rings (SSSR count). The molecule has 0 radical (unpaired) electrons. The van der Waals surface area contributed by atoms with Gasteiger partial charge in [0.25, 0.3) is 0 Å². The maximum atomic E-state index is 12.3. The van der Waals surface area contributed by atoms with Crippen LogP contribution in [0.5, 0.6) is 0 Å². The zero-order chi connectivity index (χ0) is 20.2. The number of urea groups is 1. The molecule has 2 aromatic heterocycles. The highest BCUT2D eigenvalue weighted by atomic mass is 16.2. The number of amides is 2. The maximum absolute atomic E-state index is 12.3. The van der Waals surface area contributed by atoms with Crippen LogP contribution in [0, 0.1) is 13.8 Å². The van der Waals surface area contributed by atoms with Gasteiger partial charge in [-0.25, -0.2) is 14.8 Å². The largest absolute Gasteiger partial charge is 0.336 e. The van der Waals surface area contributed by atoms with Crippen molar-refractivity contribution in [1.29, 1.82) is 0 Å². The van der Waals surface area contributed by atoms with E-state index < -0.39 is 0 Å². The molecule has 0 unspecified atom stereocenters. The van der Waals surface area contributed by atoms with Crippen molar-refractivity contribution >= 4 is 22.9 Å². The second-order valence-corrected chi connectivity index (χ2v) is 7.00. The first kappa shape index (κ1) is 18.7. The molecule has 4 aromatic rings. The molecule has 2 aromatic carbocycles. The highest BCUT2D eigenvalue weighted by molar-refractivity contribution is 5.90. The molecule has 0 saturated heterocycles. The smallest absolute Gasteiger partial charge is 0.319 e. The molecule has 0 bridgehead atoms. The van der Waals surface area contributed by atoms with Crippen molar-refractivity contribution < 1.29 is 4.79 Å². The number of fused-ring (bicyclic) bond motifs is 1. The van der Waals surface area contributed by atoms with E-state index in [1.165, 1.54) is 5.56 Å². The van der Waals surface area contributed by atoms with Gasteiger partial charge in [0.15, 0.2) is 5.65 Å². The van der Waals surface area contributed by atoms with E-state index in [1.807, 2.05) is 79.1 Å². The van der Waals surface area contributed by atoms with E-state index in [0.717, 1.165) is 33.8 Å². The van der Waals surface area contributed by atoms with Gasteiger partial charge in [-0.3, -0.25) is 0 Å². The van der Waals surface area contributed by atoms with Gasteiger partial charge in [0, 0.05) is 30.5 Å². The van der Waals surface area contributed by atoms with Crippen molar-refractivity contribution in [3.8, 4) is 11.4 Å². The molecule has 6 nitrogen and oxygen atoms in total. The topological polar surface area (TPSA) is 71.8 Å². The number of aromatic nitrogens is 3. The monoisotopic (exact) mass is 385 g/mol. The van der Waals surface area contributed by atoms with Crippen LogP contribution in [-0.4, -0.2) is 27.1 Å². The van der Waals surface area contributed by atoms with Gasteiger partial charge in [0.1, 0.15) is 11.3 Å². The zero-order valence-corrected chi connectivity index (χ0v) is 16.5. The Hall–Kier alpha value is -3.67. The van der Waals surface area contributed by atoms with Crippen LogP contribution in [0.2, 0.25) is 0 Å². The zero-order valence-electron chi connectivity index (χ0n) is 16.5. The number of nitrogens with zero attached hydrogens (tertiary/aromatic N) is 3. The molecule has 0 aliphatic heterocycles. The summed E-state index contributed by atoms with van der Waals surface area (Å²) in [5, 5.41) is 5.84. The fraction of sp³-hybridized carbons (Fsp3) is 0.174. The van der Waals surface area contributed by atoms with Crippen LogP contribution in [0.4, 0.5) is 10.5 Å². The minimum absolute atomic E-state index is 0.226. The normalized spacial score (nSPS) is 10.8. The molecule has 0 aliphatic carbocycles. The first-order valence-corrected chi connectivity index (χ1v) is 9.60. The Morgan fingerprint density at radius 3 is 2.66 bits per heavy atom.